The molecule has 6 nitrogen and oxygen atoms in total. The maximum atomic E-state index is 12.1. The van der Waals surface area contributed by atoms with Crippen molar-refractivity contribution in [2.45, 2.75) is 4.90 Å². The third-order valence-electron chi connectivity index (χ3n) is 2.43. The van der Waals surface area contributed by atoms with Crippen LogP contribution in [0.1, 0.15) is 0 Å². The lowest BCUT2D eigenvalue weighted by Crippen LogP contribution is -2.12. The number of sulfonamides is 1. The van der Waals surface area contributed by atoms with E-state index in [-0.39, 0.29) is 10.6 Å². The van der Waals surface area contributed by atoms with Gasteiger partial charge in [0.25, 0.3) is 15.7 Å². The predicted molar refractivity (Wildman–Crippen MR) is 83.1 cm³/mol. The SMILES string of the molecule is O=[N+]([O-])c1ccc(S(=O)(=O)Nc2cccc(I)c2)cc1. The van der Waals surface area contributed by atoms with Gasteiger partial charge in [0.1, 0.15) is 0 Å². The van der Waals surface area contributed by atoms with Gasteiger partial charge < -0.3 is 0 Å². The van der Waals surface area contributed by atoms with E-state index < -0.39 is 14.9 Å². The lowest BCUT2D eigenvalue weighted by molar-refractivity contribution is -0.384. The minimum Gasteiger partial charge on any atom is -0.280 e. The highest BCUT2D eigenvalue weighted by Crippen LogP contribution is 2.20. The fraction of sp³-hybridized carbons (Fsp3) is 0. The Balaban J connectivity index is 2.28. The van der Waals surface area contributed by atoms with Crippen molar-refractivity contribution >= 4 is 44.0 Å². The molecule has 104 valence electrons. The summed E-state index contributed by atoms with van der Waals surface area (Å²) in [6.45, 7) is 0. The minimum atomic E-state index is -3.75. The summed E-state index contributed by atoms with van der Waals surface area (Å²) < 4.78 is 27.5. The molecule has 8 heteroatoms. The van der Waals surface area contributed by atoms with Crippen LogP contribution in [0, 0.1) is 13.7 Å². The number of hydrogen-bond donors (Lipinski definition) is 1. The van der Waals surface area contributed by atoms with E-state index in [0.717, 1.165) is 15.7 Å². The fourth-order valence-corrected chi connectivity index (χ4v) is 3.11. The van der Waals surface area contributed by atoms with Crippen LogP contribution in [0.5, 0.6) is 0 Å². The second-order valence-corrected chi connectivity index (χ2v) is 6.79. The summed E-state index contributed by atoms with van der Waals surface area (Å²) in [5, 5.41) is 10.5. The van der Waals surface area contributed by atoms with Crippen molar-refractivity contribution in [3.63, 3.8) is 0 Å². The Morgan fingerprint density at radius 3 is 2.30 bits per heavy atom. The molecule has 1 N–H and O–H groups in total. The summed E-state index contributed by atoms with van der Waals surface area (Å²) in [7, 11) is -3.75. The Labute approximate surface area is 129 Å². The Hall–Kier alpha value is -1.68. The first-order chi connectivity index (χ1) is 9.38. The number of anilines is 1. The van der Waals surface area contributed by atoms with Crippen LogP contribution >= 0.6 is 22.6 Å². The molecular weight excluding hydrogens is 395 g/mol. The van der Waals surface area contributed by atoms with Gasteiger partial charge in [0.05, 0.1) is 9.82 Å². The maximum Gasteiger partial charge on any atom is 0.269 e. The summed E-state index contributed by atoms with van der Waals surface area (Å²) in [6.07, 6.45) is 0. The highest BCUT2D eigenvalue weighted by Gasteiger charge is 2.15. The fourth-order valence-electron chi connectivity index (χ4n) is 1.51. The molecule has 0 amide bonds. The van der Waals surface area contributed by atoms with Gasteiger partial charge in [-0.2, -0.15) is 0 Å². The second kappa shape index (κ2) is 5.75. The van der Waals surface area contributed by atoms with Crippen LogP contribution < -0.4 is 4.72 Å². The van der Waals surface area contributed by atoms with Crippen molar-refractivity contribution in [2.24, 2.45) is 0 Å². The van der Waals surface area contributed by atoms with Gasteiger partial charge in [0.15, 0.2) is 0 Å². The Kier molecular flexibility index (Phi) is 4.23. The first-order valence-electron chi connectivity index (χ1n) is 5.41. The summed E-state index contributed by atoms with van der Waals surface area (Å²) in [6, 6.07) is 11.6. The van der Waals surface area contributed by atoms with E-state index >= 15 is 0 Å². The highest BCUT2D eigenvalue weighted by molar-refractivity contribution is 14.1. The number of nitro benzene ring substituents is 1. The molecule has 0 radical (unpaired) electrons. The van der Waals surface area contributed by atoms with Gasteiger partial charge in [0, 0.05) is 21.4 Å². The molecule has 0 unspecified atom stereocenters. The Bertz CT molecular complexity index is 744. The van der Waals surface area contributed by atoms with Gasteiger partial charge in [-0.05, 0) is 52.9 Å². The minimum absolute atomic E-state index is 0.0260. The van der Waals surface area contributed by atoms with Crippen LogP contribution in [0.25, 0.3) is 0 Å². The second-order valence-electron chi connectivity index (χ2n) is 3.87. The van der Waals surface area contributed by atoms with Crippen molar-refractivity contribution in [1.82, 2.24) is 0 Å². The van der Waals surface area contributed by atoms with Gasteiger partial charge in [-0.15, -0.1) is 0 Å². The van der Waals surface area contributed by atoms with Crippen molar-refractivity contribution < 1.29 is 13.3 Å². The van der Waals surface area contributed by atoms with E-state index in [4.69, 9.17) is 0 Å². The average molecular weight is 404 g/mol. The van der Waals surface area contributed by atoms with Gasteiger partial charge >= 0.3 is 0 Å². The maximum absolute atomic E-state index is 12.1. The summed E-state index contributed by atoms with van der Waals surface area (Å²) in [5.41, 5.74) is 0.286. The molecule has 0 aromatic heterocycles. The zero-order chi connectivity index (χ0) is 14.8. The lowest BCUT2D eigenvalue weighted by atomic mass is 10.3. The number of nitro groups is 1. The number of hydrogen-bond acceptors (Lipinski definition) is 4. The number of non-ortho nitro benzene ring substituents is 1. The molecule has 0 fully saturated rings. The van der Waals surface area contributed by atoms with Crippen LogP contribution in [0.3, 0.4) is 0 Å². The third kappa shape index (κ3) is 3.45. The molecule has 0 saturated carbocycles. The zero-order valence-electron chi connectivity index (χ0n) is 9.99. The molecule has 2 aromatic rings. The van der Waals surface area contributed by atoms with Gasteiger partial charge in [0.2, 0.25) is 0 Å². The quantitative estimate of drug-likeness (QED) is 0.482. The number of benzene rings is 2. The van der Waals surface area contributed by atoms with Crippen LogP contribution in [0.2, 0.25) is 0 Å². The van der Waals surface area contributed by atoms with Crippen LogP contribution in [0.4, 0.5) is 11.4 Å². The Morgan fingerprint density at radius 2 is 1.75 bits per heavy atom. The molecule has 0 aliphatic heterocycles. The molecule has 0 spiro atoms. The van der Waals surface area contributed by atoms with Crippen LogP contribution in [-0.4, -0.2) is 13.3 Å². The van der Waals surface area contributed by atoms with Crippen molar-refractivity contribution in [3.05, 3.63) is 62.2 Å². The summed E-state index contributed by atoms with van der Waals surface area (Å²) in [4.78, 5) is 9.92. The standard InChI is InChI=1S/C12H9IN2O4S/c13-9-2-1-3-10(8-9)14-20(18,19)12-6-4-11(5-7-12)15(16)17/h1-8,14H. The molecule has 0 saturated heterocycles. The smallest absolute Gasteiger partial charge is 0.269 e. The highest BCUT2D eigenvalue weighted by atomic mass is 127. The van der Waals surface area contributed by atoms with E-state index in [1.807, 2.05) is 6.07 Å². The third-order valence-corrected chi connectivity index (χ3v) is 4.50. The van der Waals surface area contributed by atoms with Gasteiger partial charge in [-0.3, -0.25) is 14.8 Å². The van der Waals surface area contributed by atoms with E-state index in [1.54, 1.807) is 18.2 Å². The van der Waals surface area contributed by atoms with E-state index in [1.165, 1.54) is 12.1 Å². The molecule has 0 heterocycles. The number of nitrogens with one attached hydrogen (secondary N) is 1. The van der Waals surface area contributed by atoms with Gasteiger partial charge in [-0.25, -0.2) is 8.42 Å². The first-order valence-corrected chi connectivity index (χ1v) is 7.97. The molecule has 0 bridgehead atoms. The lowest BCUT2D eigenvalue weighted by Gasteiger charge is -2.08. The largest absolute Gasteiger partial charge is 0.280 e. The van der Waals surface area contributed by atoms with Crippen molar-refractivity contribution in [1.29, 1.82) is 0 Å². The molecule has 2 aromatic carbocycles. The van der Waals surface area contributed by atoms with E-state index in [9.17, 15) is 18.5 Å². The molecule has 2 rings (SSSR count). The van der Waals surface area contributed by atoms with E-state index in [2.05, 4.69) is 27.3 Å². The molecule has 0 atom stereocenters. The number of nitrogens with zero attached hydrogens (tertiary/aromatic N) is 1. The molecule has 0 aliphatic rings. The van der Waals surface area contributed by atoms with Crippen molar-refractivity contribution in [2.75, 3.05) is 4.72 Å². The first kappa shape index (κ1) is 14.7. The summed E-state index contributed by atoms with van der Waals surface area (Å²) >= 11 is 2.07. The van der Waals surface area contributed by atoms with Crippen LogP contribution in [0.15, 0.2) is 53.4 Å². The molecule has 0 aliphatic carbocycles. The summed E-state index contributed by atoms with van der Waals surface area (Å²) in [5.74, 6) is 0. The van der Waals surface area contributed by atoms with Crippen molar-refractivity contribution in [3.8, 4) is 0 Å². The number of rotatable bonds is 4. The van der Waals surface area contributed by atoms with Crippen LogP contribution in [-0.2, 0) is 10.0 Å². The zero-order valence-corrected chi connectivity index (χ0v) is 13.0. The predicted octanol–water partition coefficient (Wildman–Crippen LogP) is 3.00. The molecular formula is C12H9IN2O4S. The van der Waals surface area contributed by atoms with Gasteiger partial charge in [-0.1, -0.05) is 6.07 Å². The topological polar surface area (TPSA) is 89.3 Å². The number of halogens is 1. The van der Waals surface area contributed by atoms with E-state index in [0.29, 0.717) is 5.69 Å². The normalized spacial score (nSPS) is 11.1. The average Bonchev–Trinajstić information content (AvgIpc) is 2.38. The monoisotopic (exact) mass is 404 g/mol. The molecule has 20 heavy (non-hydrogen) atoms. The Morgan fingerprint density at radius 1 is 1.10 bits per heavy atom.